The second-order valence-electron chi connectivity index (χ2n) is 8.06. The Morgan fingerprint density at radius 1 is 0.970 bits per heavy atom. The van der Waals surface area contributed by atoms with Crippen LogP contribution in [0.4, 0.5) is 17.2 Å². The van der Waals surface area contributed by atoms with E-state index in [2.05, 4.69) is 57.4 Å². The van der Waals surface area contributed by atoms with Crippen molar-refractivity contribution in [2.24, 2.45) is 0 Å². The SMILES string of the molecule is COc1ccc(NC(=O)CSc2ccc(N3CCN(c4cc(C)ccc4C)CC3)nn2)cc1. The molecule has 1 N–H and O–H groups in total. The minimum absolute atomic E-state index is 0.0846. The third-order valence-corrected chi connectivity index (χ3v) is 6.58. The summed E-state index contributed by atoms with van der Waals surface area (Å²) in [6.45, 7) is 8.01. The Labute approximate surface area is 199 Å². The summed E-state index contributed by atoms with van der Waals surface area (Å²) in [6, 6.07) is 17.8. The van der Waals surface area contributed by atoms with E-state index in [-0.39, 0.29) is 11.7 Å². The molecule has 8 heteroatoms. The molecule has 0 atom stereocenters. The smallest absolute Gasteiger partial charge is 0.234 e. The van der Waals surface area contributed by atoms with Gasteiger partial charge in [-0.05, 0) is 67.4 Å². The predicted molar refractivity (Wildman–Crippen MR) is 135 cm³/mol. The first-order valence-electron chi connectivity index (χ1n) is 11.0. The average molecular weight is 464 g/mol. The van der Waals surface area contributed by atoms with Crippen molar-refractivity contribution in [2.75, 3.05) is 54.2 Å². The number of rotatable bonds is 7. The number of hydrogen-bond donors (Lipinski definition) is 1. The van der Waals surface area contributed by atoms with Gasteiger partial charge in [-0.15, -0.1) is 10.2 Å². The third-order valence-electron chi connectivity index (χ3n) is 5.66. The first-order valence-corrected chi connectivity index (χ1v) is 12.0. The third kappa shape index (κ3) is 5.96. The zero-order valence-corrected chi connectivity index (χ0v) is 20.1. The number of methoxy groups -OCH3 is 1. The summed E-state index contributed by atoms with van der Waals surface area (Å²) in [4.78, 5) is 16.9. The van der Waals surface area contributed by atoms with Crippen molar-refractivity contribution in [3.63, 3.8) is 0 Å². The predicted octanol–water partition coefficient (Wildman–Crippen LogP) is 4.16. The van der Waals surface area contributed by atoms with E-state index in [9.17, 15) is 4.79 Å². The van der Waals surface area contributed by atoms with Gasteiger partial charge in [0.05, 0.1) is 12.9 Å². The highest BCUT2D eigenvalue weighted by Crippen LogP contribution is 2.25. The number of carbonyl (C=O) groups is 1. The number of nitrogens with one attached hydrogen (secondary N) is 1. The topological polar surface area (TPSA) is 70.6 Å². The maximum atomic E-state index is 12.2. The van der Waals surface area contributed by atoms with Gasteiger partial charge >= 0.3 is 0 Å². The second kappa shape index (κ2) is 10.6. The molecule has 0 saturated carbocycles. The standard InChI is InChI=1S/C25H29N5O2S/c1-18-4-5-19(2)22(16-18)29-12-14-30(15-13-29)23-10-11-25(28-27-23)33-17-24(31)26-20-6-8-21(32-3)9-7-20/h4-11,16H,12-15,17H2,1-3H3,(H,26,31). The lowest BCUT2D eigenvalue weighted by molar-refractivity contribution is -0.113. The van der Waals surface area contributed by atoms with Crippen LogP contribution in [-0.4, -0.2) is 55.1 Å². The molecule has 3 aromatic rings. The van der Waals surface area contributed by atoms with Crippen molar-refractivity contribution in [1.82, 2.24) is 10.2 Å². The number of thioether (sulfide) groups is 1. The van der Waals surface area contributed by atoms with Gasteiger partial charge in [-0.25, -0.2) is 0 Å². The molecule has 0 radical (unpaired) electrons. The van der Waals surface area contributed by atoms with Crippen LogP contribution in [0.5, 0.6) is 5.75 Å². The number of nitrogens with zero attached hydrogens (tertiary/aromatic N) is 4. The molecule has 1 aromatic heterocycles. The molecule has 1 fully saturated rings. The van der Waals surface area contributed by atoms with Crippen LogP contribution in [-0.2, 0) is 4.79 Å². The molecule has 0 unspecified atom stereocenters. The molecule has 2 aromatic carbocycles. The van der Waals surface area contributed by atoms with E-state index in [1.807, 2.05) is 36.4 Å². The molecular formula is C25H29N5O2S. The van der Waals surface area contributed by atoms with Crippen LogP contribution < -0.4 is 19.9 Å². The Morgan fingerprint density at radius 2 is 1.70 bits per heavy atom. The number of amides is 1. The summed E-state index contributed by atoms with van der Waals surface area (Å²) in [5.41, 5.74) is 4.66. The minimum atomic E-state index is -0.0846. The monoisotopic (exact) mass is 463 g/mol. The highest BCUT2D eigenvalue weighted by Gasteiger charge is 2.20. The lowest BCUT2D eigenvalue weighted by Gasteiger charge is -2.37. The number of ether oxygens (including phenoxy) is 1. The maximum Gasteiger partial charge on any atom is 0.234 e. The molecule has 1 aliphatic heterocycles. The number of aromatic nitrogens is 2. The quantitative estimate of drug-likeness (QED) is 0.528. The van der Waals surface area contributed by atoms with E-state index in [0.29, 0.717) is 0 Å². The second-order valence-corrected chi connectivity index (χ2v) is 9.05. The van der Waals surface area contributed by atoms with E-state index < -0.39 is 0 Å². The molecule has 7 nitrogen and oxygen atoms in total. The molecule has 4 rings (SSSR count). The number of hydrogen-bond acceptors (Lipinski definition) is 7. The highest BCUT2D eigenvalue weighted by atomic mass is 32.2. The van der Waals surface area contributed by atoms with Crippen LogP contribution in [0, 0.1) is 13.8 Å². The molecule has 0 bridgehead atoms. The number of anilines is 3. The van der Waals surface area contributed by atoms with E-state index in [1.165, 1.54) is 28.6 Å². The first kappa shape index (κ1) is 22.9. The van der Waals surface area contributed by atoms with E-state index in [4.69, 9.17) is 4.74 Å². The summed E-state index contributed by atoms with van der Waals surface area (Å²) in [5.74, 6) is 1.82. The van der Waals surface area contributed by atoms with Crippen LogP contribution in [0.2, 0.25) is 0 Å². The lowest BCUT2D eigenvalue weighted by atomic mass is 10.1. The van der Waals surface area contributed by atoms with Crippen molar-refractivity contribution in [1.29, 1.82) is 0 Å². The summed E-state index contributed by atoms with van der Waals surface area (Å²) in [6.07, 6.45) is 0. The van der Waals surface area contributed by atoms with Crippen LogP contribution >= 0.6 is 11.8 Å². The van der Waals surface area contributed by atoms with E-state index in [1.54, 1.807) is 7.11 Å². The molecule has 1 amide bonds. The Kier molecular flexibility index (Phi) is 7.34. The fraction of sp³-hybridized carbons (Fsp3) is 0.320. The summed E-state index contributed by atoms with van der Waals surface area (Å²) in [7, 11) is 1.61. The van der Waals surface area contributed by atoms with Crippen molar-refractivity contribution in [2.45, 2.75) is 18.9 Å². The normalized spacial score (nSPS) is 13.7. The van der Waals surface area contributed by atoms with Gasteiger partial charge in [-0.2, -0.15) is 0 Å². The highest BCUT2D eigenvalue weighted by molar-refractivity contribution is 7.99. The molecule has 1 aliphatic rings. The van der Waals surface area contributed by atoms with Crippen molar-refractivity contribution < 1.29 is 9.53 Å². The van der Waals surface area contributed by atoms with Gasteiger partial charge in [-0.1, -0.05) is 23.9 Å². The fourth-order valence-corrected chi connectivity index (χ4v) is 4.42. The largest absolute Gasteiger partial charge is 0.497 e. The van der Waals surface area contributed by atoms with Crippen LogP contribution in [0.3, 0.4) is 0 Å². The molecule has 33 heavy (non-hydrogen) atoms. The Hall–Kier alpha value is -3.26. The first-order chi connectivity index (χ1) is 16.0. The van der Waals surface area contributed by atoms with Crippen molar-refractivity contribution in [3.05, 3.63) is 65.7 Å². The van der Waals surface area contributed by atoms with Gasteiger partial charge in [0.2, 0.25) is 5.91 Å². The fourth-order valence-electron chi connectivity index (χ4n) is 3.81. The maximum absolute atomic E-state index is 12.2. The average Bonchev–Trinajstić information content (AvgIpc) is 2.85. The Bertz CT molecular complexity index is 1080. The molecule has 1 saturated heterocycles. The van der Waals surface area contributed by atoms with Crippen LogP contribution in [0.15, 0.2) is 59.6 Å². The van der Waals surface area contributed by atoms with Gasteiger partial charge in [-0.3, -0.25) is 4.79 Å². The zero-order chi connectivity index (χ0) is 23.2. The van der Waals surface area contributed by atoms with E-state index >= 15 is 0 Å². The summed E-state index contributed by atoms with van der Waals surface area (Å²) >= 11 is 1.37. The Morgan fingerprint density at radius 3 is 2.36 bits per heavy atom. The zero-order valence-electron chi connectivity index (χ0n) is 19.2. The van der Waals surface area contributed by atoms with E-state index in [0.717, 1.165) is 48.5 Å². The molecule has 0 spiro atoms. The summed E-state index contributed by atoms with van der Waals surface area (Å²) in [5, 5.41) is 12.3. The molecular weight excluding hydrogens is 434 g/mol. The van der Waals surface area contributed by atoms with Gasteiger partial charge < -0.3 is 19.9 Å². The minimum Gasteiger partial charge on any atom is -0.497 e. The van der Waals surface area contributed by atoms with Gasteiger partial charge in [0.25, 0.3) is 0 Å². The van der Waals surface area contributed by atoms with Crippen molar-refractivity contribution >= 4 is 34.9 Å². The van der Waals surface area contributed by atoms with Crippen LogP contribution in [0.25, 0.3) is 0 Å². The van der Waals surface area contributed by atoms with Gasteiger partial charge in [0, 0.05) is 37.6 Å². The molecule has 172 valence electrons. The number of carbonyl (C=O) groups excluding carboxylic acids is 1. The summed E-state index contributed by atoms with van der Waals surface area (Å²) < 4.78 is 5.13. The molecule has 2 heterocycles. The Balaban J connectivity index is 1.26. The lowest BCUT2D eigenvalue weighted by Crippen LogP contribution is -2.47. The number of aryl methyl sites for hydroxylation is 2. The van der Waals surface area contributed by atoms with Crippen molar-refractivity contribution in [3.8, 4) is 5.75 Å². The number of piperazine rings is 1. The molecule has 0 aliphatic carbocycles. The van der Waals surface area contributed by atoms with Gasteiger partial charge in [0.1, 0.15) is 10.8 Å². The van der Waals surface area contributed by atoms with Gasteiger partial charge in [0.15, 0.2) is 5.82 Å². The van der Waals surface area contributed by atoms with Crippen LogP contribution in [0.1, 0.15) is 11.1 Å². The number of benzene rings is 2.